The molecule has 0 unspecified atom stereocenters. The second kappa shape index (κ2) is 3.98. The summed E-state index contributed by atoms with van der Waals surface area (Å²) in [5.41, 5.74) is 2.36. The van der Waals surface area contributed by atoms with Gasteiger partial charge in [-0.1, -0.05) is 6.92 Å². The van der Waals surface area contributed by atoms with Gasteiger partial charge in [0, 0.05) is 25.1 Å². The van der Waals surface area contributed by atoms with Crippen LogP contribution in [-0.4, -0.2) is 14.2 Å². The van der Waals surface area contributed by atoms with Crippen LogP contribution >= 0.6 is 0 Å². The van der Waals surface area contributed by atoms with Crippen molar-refractivity contribution in [2.75, 3.05) is 0 Å². The van der Waals surface area contributed by atoms with E-state index in [4.69, 9.17) is 4.42 Å². The van der Waals surface area contributed by atoms with E-state index >= 15 is 0 Å². The van der Waals surface area contributed by atoms with Crippen molar-refractivity contribution >= 4 is 16.6 Å². The summed E-state index contributed by atoms with van der Waals surface area (Å²) in [6, 6.07) is 3.81. The molecule has 0 amide bonds. The predicted molar refractivity (Wildman–Crippen MR) is 76.1 cm³/mol. The molecule has 1 aliphatic rings. The molecule has 0 spiro atoms. The highest BCUT2D eigenvalue weighted by Crippen LogP contribution is 2.30. The molecule has 4 rings (SSSR count). The number of fused-ring (bicyclic) bond motifs is 3. The van der Waals surface area contributed by atoms with Gasteiger partial charge in [-0.3, -0.25) is 9.20 Å². The third-order valence-electron chi connectivity index (χ3n) is 4.01. The largest absolute Gasteiger partial charge is 0.460 e. The molecule has 0 bridgehead atoms. The number of hydrogen-bond acceptors (Lipinski definition) is 3. The average molecular weight is 271 g/mol. The number of aromatic nitrogens is 3. The van der Waals surface area contributed by atoms with E-state index in [1.165, 1.54) is 12.8 Å². The minimum atomic E-state index is -0.0156. The van der Waals surface area contributed by atoms with Crippen LogP contribution in [0.1, 0.15) is 31.4 Å². The first-order valence-electron chi connectivity index (χ1n) is 7.19. The maximum atomic E-state index is 12.6. The van der Waals surface area contributed by atoms with Gasteiger partial charge >= 0.3 is 0 Å². The smallest absolute Gasteiger partial charge is 0.291 e. The van der Waals surface area contributed by atoms with Gasteiger partial charge < -0.3 is 4.42 Å². The van der Waals surface area contributed by atoms with Crippen LogP contribution in [0.5, 0.6) is 0 Å². The van der Waals surface area contributed by atoms with Gasteiger partial charge in [0.15, 0.2) is 5.58 Å². The third kappa shape index (κ3) is 1.62. The van der Waals surface area contributed by atoms with Crippen molar-refractivity contribution in [1.82, 2.24) is 14.2 Å². The summed E-state index contributed by atoms with van der Waals surface area (Å²) in [4.78, 5) is 12.6. The Balaban J connectivity index is 2.05. The summed E-state index contributed by atoms with van der Waals surface area (Å²) in [6.07, 6.45) is 3.21. The Morgan fingerprint density at radius 3 is 2.85 bits per heavy atom. The molecule has 20 heavy (non-hydrogen) atoms. The molecule has 0 saturated heterocycles. The van der Waals surface area contributed by atoms with Crippen LogP contribution in [0.2, 0.25) is 0 Å². The van der Waals surface area contributed by atoms with Gasteiger partial charge in [-0.25, -0.2) is 4.68 Å². The van der Waals surface area contributed by atoms with Crippen molar-refractivity contribution in [3.05, 3.63) is 34.1 Å². The van der Waals surface area contributed by atoms with E-state index in [1.807, 2.05) is 23.5 Å². The van der Waals surface area contributed by atoms with Gasteiger partial charge in [-0.2, -0.15) is 5.10 Å². The van der Waals surface area contributed by atoms with Crippen LogP contribution in [0.25, 0.3) is 16.6 Å². The van der Waals surface area contributed by atoms with Crippen LogP contribution in [0.15, 0.2) is 21.3 Å². The van der Waals surface area contributed by atoms with Crippen molar-refractivity contribution in [1.29, 1.82) is 0 Å². The van der Waals surface area contributed by atoms with E-state index < -0.39 is 0 Å². The topological polar surface area (TPSA) is 52.4 Å². The lowest BCUT2D eigenvalue weighted by Crippen LogP contribution is -2.27. The van der Waals surface area contributed by atoms with Gasteiger partial charge in [0.1, 0.15) is 17.1 Å². The first-order chi connectivity index (χ1) is 9.67. The molecule has 3 aromatic heterocycles. The molecule has 0 atom stereocenters. The van der Waals surface area contributed by atoms with Crippen molar-refractivity contribution in [2.45, 2.75) is 39.7 Å². The zero-order chi connectivity index (χ0) is 13.9. The van der Waals surface area contributed by atoms with E-state index in [-0.39, 0.29) is 5.56 Å². The Morgan fingerprint density at radius 1 is 1.35 bits per heavy atom. The summed E-state index contributed by atoms with van der Waals surface area (Å²) in [5.74, 6) is 2.40. The van der Waals surface area contributed by atoms with E-state index in [0.29, 0.717) is 11.4 Å². The molecule has 3 aromatic rings. The molecule has 104 valence electrons. The number of rotatable bonds is 3. The van der Waals surface area contributed by atoms with Crippen molar-refractivity contribution in [2.24, 2.45) is 5.92 Å². The Bertz CT molecular complexity index is 865. The molecule has 1 aliphatic carbocycles. The zero-order valence-electron chi connectivity index (χ0n) is 11.7. The monoisotopic (exact) mass is 271 g/mol. The predicted octanol–water partition coefficient (Wildman–Crippen LogP) is 2.52. The molecule has 3 heterocycles. The molecule has 5 nitrogen and oxygen atoms in total. The average Bonchev–Trinajstić information content (AvgIpc) is 3.06. The molecule has 1 saturated carbocycles. The highest BCUT2D eigenvalue weighted by atomic mass is 16.3. The minimum Gasteiger partial charge on any atom is -0.460 e. The molecule has 1 fully saturated rings. The van der Waals surface area contributed by atoms with Crippen LogP contribution in [0.4, 0.5) is 0 Å². The van der Waals surface area contributed by atoms with Crippen molar-refractivity contribution in [3.63, 3.8) is 0 Å². The molecule has 0 radical (unpaired) electrons. The number of nitrogens with zero attached hydrogens (tertiary/aromatic N) is 3. The van der Waals surface area contributed by atoms with Gasteiger partial charge in [-0.15, -0.1) is 0 Å². The van der Waals surface area contributed by atoms with E-state index in [9.17, 15) is 4.79 Å². The highest BCUT2D eigenvalue weighted by molar-refractivity contribution is 5.83. The number of aryl methyl sites for hydroxylation is 2. The quantitative estimate of drug-likeness (QED) is 0.735. The van der Waals surface area contributed by atoms with Crippen LogP contribution in [0, 0.1) is 12.8 Å². The summed E-state index contributed by atoms with van der Waals surface area (Å²) in [5, 5.41) is 4.56. The van der Waals surface area contributed by atoms with Gasteiger partial charge in [-0.05, 0) is 25.7 Å². The van der Waals surface area contributed by atoms with Crippen LogP contribution in [0.3, 0.4) is 0 Å². The molecular weight excluding hydrogens is 254 g/mol. The lowest BCUT2D eigenvalue weighted by atomic mass is 10.4. The van der Waals surface area contributed by atoms with E-state index in [2.05, 4.69) is 12.0 Å². The van der Waals surface area contributed by atoms with E-state index in [0.717, 1.165) is 35.6 Å². The number of hydrogen-bond donors (Lipinski definition) is 0. The second-order valence-corrected chi connectivity index (χ2v) is 5.67. The normalized spacial score (nSPS) is 15.5. The molecule has 0 aliphatic heterocycles. The molecule has 0 N–H and O–H groups in total. The minimum absolute atomic E-state index is 0.0156. The lowest BCUT2D eigenvalue weighted by molar-refractivity contribution is 0.517. The SMILES string of the molecule is CCc1nn(CC2CC2)c(=O)c2cc3oc(C)cc3n12. The highest BCUT2D eigenvalue weighted by Gasteiger charge is 2.24. The maximum absolute atomic E-state index is 12.6. The first-order valence-corrected chi connectivity index (χ1v) is 7.19. The standard InChI is InChI=1S/C15H17N3O2/c1-3-14-16-17(8-10-4-5-10)15(19)12-7-13-11(18(12)14)6-9(2)20-13/h6-7,10H,3-5,8H2,1-2H3. The van der Waals surface area contributed by atoms with Crippen molar-refractivity contribution in [3.8, 4) is 0 Å². The lowest BCUT2D eigenvalue weighted by Gasteiger charge is -2.08. The fourth-order valence-electron chi connectivity index (χ4n) is 2.81. The van der Waals surface area contributed by atoms with Gasteiger partial charge in [0.25, 0.3) is 5.56 Å². The Morgan fingerprint density at radius 2 is 2.15 bits per heavy atom. The van der Waals surface area contributed by atoms with Crippen LogP contribution < -0.4 is 5.56 Å². The summed E-state index contributed by atoms with van der Waals surface area (Å²) < 4.78 is 9.22. The Labute approximate surface area is 115 Å². The molecule has 5 heteroatoms. The first kappa shape index (κ1) is 11.8. The third-order valence-corrected chi connectivity index (χ3v) is 4.01. The Hall–Kier alpha value is -2.04. The fourth-order valence-corrected chi connectivity index (χ4v) is 2.81. The Kier molecular flexibility index (Phi) is 2.34. The second-order valence-electron chi connectivity index (χ2n) is 5.67. The number of furan rings is 1. The molecular formula is C15H17N3O2. The summed E-state index contributed by atoms with van der Waals surface area (Å²) in [7, 11) is 0. The van der Waals surface area contributed by atoms with Gasteiger partial charge in [0.05, 0.1) is 5.52 Å². The summed E-state index contributed by atoms with van der Waals surface area (Å²) in [6.45, 7) is 4.72. The summed E-state index contributed by atoms with van der Waals surface area (Å²) >= 11 is 0. The van der Waals surface area contributed by atoms with Crippen LogP contribution in [-0.2, 0) is 13.0 Å². The van der Waals surface area contributed by atoms with E-state index in [1.54, 1.807) is 4.68 Å². The fraction of sp³-hybridized carbons (Fsp3) is 0.467. The van der Waals surface area contributed by atoms with Crippen molar-refractivity contribution < 1.29 is 4.42 Å². The van der Waals surface area contributed by atoms with Gasteiger partial charge in [0.2, 0.25) is 0 Å². The zero-order valence-corrected chi connectivity index (χ0v) is 11.7. The molecule has 0 aromatic carbocycles. The maximum Gasteiger partial charge on any atom is 0.291 e.